The van der Waals surface area contributed by atoms with E-state index >= 15 is 0 Å². The molecule has 6 rings (SSSR count). The summed E-state index contributed by atoms with van der Waals surface area (Å²) in [5.74, 6) is 0. The molecule has 0 aliphatic carbocycles. The topological polar surface area (TPSA) is 25.8 Å². The molecule has 0 saturated carbocycles. The highest BCUT2D eigenvalue weighted by molar-refractivity contribution is 6.30. The molecule has 2 heterocycles. The molecule has 0 fully saturated rings. The van der Waals surface area contributed by atoms with Crippen molar-refractivity contribution in [2.24, 2.45) is 0 Å². The first kappa shape index (κ1) is 22.7. The molecule has 2 nitrogen and oxygen atoms in total. The van der Waals surface area contributed by atoms with Crippen LogP contribution in [-0.4, -0.2) is 9.97 Å². The summed E-state index contributed by atoms with van der Waals surface area (Å²) < 4.78 is 0. The van der Waals surface area contributed by atoms with Gasteiger partial charge in [0.05, 0.1) is 0 Å². The van der Waals surface area contributed by atoms with Crippen LogP contribution < -0.4 is 0 Å². The Kier molecular flexibility index (Phi) is 6.21. The van der Waals surface area contributed by atoms with Crippen molar-refractivity contribution in [1.82, 2.24) is 9.97 Å². The van der Waals surface area contributed by atoms with Gasteiger partial charge in [0.25, 0.3) is 0 Å². The summed E-state index contributed by atoms with van der Waals surface area (Å²) in [6.07, 6.45) is 8.23. The molecule has 0 N–H and O–H groups in total. The van der Waals surface area contributed by atoms with Crippen LogP contribution in [0.3, 0.4) is 0 Å². The lowest BCUT2D eigenvalue weighted by molar-refractivity contribution is 1.33. The second-order valence-corrected chi connectivity index (χ2v) is 9.26. The number of benzene rings is 4. The molecule has 0 radical (unpaired) electrons. The average molecular weight is 493 g/mol. The number of nitrogens with zero attached hydrogens (tertiary/aromatic N) is 2. The van der Waals surface area contributed by atoms with Gasteiger partial charge in [-0.05, 0) is 105 Å². The van der Waals surface area contributed by atoms with E-state index in [-0.39, 0.29) is 0 Å². The van der Waals surface area contributed by atoms with E-state index in [1.54, 1.807) is 6.20 Å². The molecule has 4 aromatic carbocycles. The Hall–Kier alpha value is -4.71. The summed E-state index contributed by atoms with van der Waals surface area (Å²) in [7, 11) is 0. The van der Waals surface area contributed by atoms with Gasteiger partial charge in [0, 0.05) is 40.9 Å². The van der Waals surface area contributed by atoms with E-state index in [9.17, 15) is 0 Å². The minimum atomic E-state index is 0.717. The molecule has 174 valence electrons. The quantitative estimate of drug-likeness (QED) is 0.240. The van der Waals surface area contributed by atoms with Crippen LogP contribution in [0.15, 0.2) is 128 Å². The lowest BCUT2D eigenvalue weighted by atomic mass is 9.91. The second kappa shape index (κ2) is 10.1. The molecule has 3 heteroatoms. The average Bonchev–Trinajstić information content (AvgIpc) is 2.98. The Labute approximate surface area is 221 Å². The summed E-state index contributed by atoms with van der Waals surface area (Å²) in [6, 6.07) is 40.7. The maximum Gasteiger partial charge on any atom is 0.0460 e. The maximum atomic E-state index is 6.37. The fraction of sp³-hybridized carbons (Fsp3) is 0. The molecule has 2 aromatic heterocycles. The normalized spacial score (nSPS) is 10.6. The maximum absolute atomic E-state index is 6.37. The predicted molar refractivity (Wildman–Crippen MR) is 152 cm³/mol. The highest BCUT2D eigenvalue weighted by atomic mass is 35.5. The number of hydrogen-bond acceptors (Lipinski definition) is 2. The van der Waals surface area contributed by atoms with Crippen molar-refractivity contribution in [2.75, 3.05) is 0 Å². The van der Waals surface area contributed by atoms with Gasteiger partial charge < -0.3 is 0 Å². The van der Waals surface area contributed by atoms with Gasteiger partial charge in [-0.1, -0.05) is 66.2 Å². The number of aromatic nitrogens is 2. The summed E-state index contributed by atoms with van der Waals surface area (Å²) in [5, 5.41) is 0.717. The minimum Gasteiger partial charge on any atom is -0.264 e. The highest BCUT2D eigenvalue weighted by Crippen LogP contribution is 2.36. The van der Waals surface area contributed by atoms with Gasteiger partial charge in [-0.15, -0.1) is 0 Å². The van der Waals surface area contributed by atoms with Crippen LogP contribution in [0.2, 0.25) is 5.02 Å². The standard InChI is InChI=1S/C34H21ClN2/c35-34-13-3-10-28(21-34)33-19-31(26-8-1-6-24(16-26)29-11-4-14-36-22-29)18-32(20-33)27-9-2-7-25(17-27)30-12-5-15-37-23-30/h1-4,6-14,16-23H. The van der Waals surface area contributed by atoms with E-state index in [0.717, 1.165) is 60.7 Å². The van der Waals surface area contributed by atoms with Gasteiger partial charge in [-0.3, -0.25) is 4.98 Å². The van der Waals surface area contributed by atoms with E-state index in [1.165, 1.54) is 0 Å². The Morgan fingerprint density at radius 3 is 1.54 bits per heavy atom. The fourth-order valence-corrected chi connectivity index (χ4v) is 4.72. The zero-order valence-corrected chi connectivity index (χ0v) is 20.7. The summed E-state index contributed by atoms with van der Waals surface area (Å²) in [4.78, 5) is 8.41. The first-order chi connectivity index (χ1) is 18.2. The van der Waals surface area contributed by atoms with Crippen molar-refractivity contribution < 1.29 is 0 Å². The lowest BCUT2D eigenvalue weighted by Gasteiger charge is -2.13. The SMILES string of the molecule is Clc1cccc(-c2cc(-c3cccc(-c4cc#cnc4)c3)cc(-c3cccc(-c4cccnc4)c3)c2)c1. The van der Waals surface area contributed by atoms with E-state index in [1.807, 2.05) is 42.7 Å². The Bertz CT molecular complexity index is 1580. The molecule has 0 atom stereocenters. The van der Waals surface area contributed by atoms with Gasteiger partial charge in [0.1, 0.15) is 0 Å². The molecular weight excluding hydrogens is 472 g/mol. The van der Waals surface area contributed by atoms with Crippen LogP contribution in [0, 0.1) is 12.3 Å². The molecule has 0 unspecified atom stereocenters. The van der Waals surface area contributed by atoms with Crippen molar-refractivity contribution in [2.45, 2.75) is 0 Å². The number of halogens is 1. The second-order valence-electron chi connectivity index (χ2n) is 8.83. The Morgan fingerprint density at radius 1 is 0.486 bits per heavy atom. The first-order valence-electron chi connectivity index (χ1n) is 12.0. The number of rotatable bonds is 5. The molecule has 0 saturated heterocycles. The predicted octanol–water partition coefficient (Wildman–Crippen LogP) is 9.07. The molecule has 0 aliphatic heterocycles. The third kappa shape index (κ3) is 5.00. The molecule has 0 bridgehead atoms. The Balaban J connectivity index is 1.51. The van der Waals surface area contributed by atoms with Crippen molar-refractivity contribution >= 4 is 11.6 Å². The van der Waals surface area contributed by atoms with Crippen molar-refractivity contribution in [1.29, 1.82) is 0 Å². The van der Waals surface area contributed by atoms with Crippen molar-refractivity contribution in [3.05, 3.63) is 145 Å². The van der Waals surface area contributed by atoms with Crippen LogP contribution in [-0.2, 0) is 0 Å². The van der Waals surface area contributed by atoms with Crippen molar-refractivity contribution in [3.63, 3.8) is 0 Å². The van der Waals surface area contributed by atoms with E-state index < -0.39 is 0 Å². The van der Waals surface area contributed by atoms with E-state index in [4.69, 9.17) is 11.6 Å². The molecule has 6 aromatic rings. The smallest absolute Gasteiger partial charge is 0.0460 e. The molecule has 0 spiro atoms. The van der Waals surface area contributed by atoms with Gasteiger partial charge in [0.15, 0.2) is 0 Å². The molecule has 37 heavy (non-hydrogen) atoms. The Morgan fingerprint density at radius 2 is 1.00 bits per heavy atom. The van der Waals surface area contributed by atoms with Gasteiger partial charge in [-0.25, -0.2) is 4.98 Å². The first-order valence-corrected chi connectivity index (χ1v) is 12.4. The van der Waals surface area contributed by atoms with E-state index in [0.29, 0.717) is 0 Å². The number of pyridine rings is 1. The molecule has 0 aliphatic rings. The zero-order valence-electron chi connectivity index (χ0n) is 19.9. The summed E-state index contributed by atoms with van der Waals surface area (Å²) in [5.41, 5.74) is 11.0. The van der Waals surface area contributed by atoms with Crippen LogP contribution in [0.5, 0.6) is 0 Å². The van der Waals surface area contributed by atoms with Gasteiger partial charge in [-0.2, -0.15) is 0 Å². The lowest BCUT2D eigenvalue weighted by Crippen LogP contribution is -1.88. The van der Waals surface area contributed by atoms with Crippen LogP contribution >= 0.6 is 11.6 Å². The van der Waals surface area contributed by atoms with Crippen molar-refractivity contribution in [3.8, 4) is 55.6 Å². The van der Waals surface area contributed by atoms with Crippen LogP contribution in [0.1, 0.15) is 0 Å². The van der Waals surface area contributed by atoms with E-state index in [2.05, 4.69) is 101 Å². The fourth-order valence-electron chi connectivity index (χ4n) is 4.53. The third-order valence-electron chi connectivity index (χ3n) is 6.37. The highest BCUT2D eigenvalue weighted by Gasteiger charge is 2.10. The molecular formula is C34H21ClN2. The zero-order chi connectivity index (χ0) is 25.0. The van der Waals surface area contributed by atoms with Gasteiger partial charge in [0.2, 0.25) is 0 Å². The largest absolute Gasteiger partial charge is 0.264 e. The molecule has 0 amide bonds. The van der Waals surface area contributed by atoms with Crippen LogP contribution in [0.25, 0.3) is 55.6 Å². The monoisotopic (exact) mass is 492 g/mol. The number of hydrogen-bond donors (Lipinski definition) is 0. The van der Waals surface area contributed by atoms with Gasteiger partial charge >= 0.3 is 0 Å². The summed E-state index contributed by atoms with van der Waals surface area (Å²) in [6.45, 7) is 0. The third-order valence-corrected chi connectivity index (χ3v) is 6.61. The van der Waals surface area contributed by atoms with Crippen LogP contribution in [0.4, 0.5) is 0 Å². The summed E-state index contributed by atoms with van der Waals surface area (Å²) >= 11 is 6.37. The minimum absolute atomic E-state index is 0.717.